The molecule has 270 valence electrons. The molecule has 3 unspecified atom stereocenters. The molecule has 1 aromatic carbocycles. The lowest BCUT2D eigenvalue weighted by molar-refractivity contribution is -0.150. The number of ether oxygens (including phenoxy) is 2. The zero-order valence-corrected chi connectivity index (χ0v) is 30.6. The van der Waals surface area contributed by atoms with Crippen molar-refractivity contribution in [3.05, 3.63) is 45.2 Å². The van der Waals surface area contributed by atoms with Crippen LogP contribution in [0.2, 0.25) is 0 Å². The van der Waals surface area contributed by atoms with Gasteiger partial charge >= 0.3 is 11.9 Å². The molecule has 0 fully saturated rings. The second-order valence-corrected chi connectivity index (χ2v) is 14.1. The van der Waals surface area contributed by atoms with Gasteiger partial charge in [-0.1, -0.05) is 40.0 Å². The van der Waals surface area contributed by atoms with Crippen LogP contribution in [0.3, 0.4) is 0 Å². The number of carbonyl (C=O) groups excluding carboxylic acids is 2. The van der Waals surface area contributed by atoms with Gasteiger partial charge in [0.2, 0.25) is 15.9 Å². The smallest absolute Gasteiger partial charge is 0.306 e. The van der Waals surface area contributed by atoms with Crippen LogP contribution in [0.4, 0.5) is 11.4 Å². The van der Waals surface area contributed by atoms with Gasteiger partial charge in [-0.15, -0.1) is 5.11 Å². The Balaban J connectivity index is 2.08. The van der Waals surface area contributed by atoms with Gasteiger partial charge in [0.15, 0.2) is 5.69 Å². The number of aromatic hydroxyl groups is 1. The number of nitrogens with one attached hydrogen (secondary N) is 1. The third-order valence-electron chi connectivity index (χ3n) is 8.28. The van der Waals surface area contributed by atoms with Gasteiger partial charge < -0.3 is 14.6 Å². The second kappa shape index (κ2) is 19.8. The van der Waals surface area contributed by atoms with Crippen LogP contribution in [0.25, 0.3) is 0 Å². The van der Waals surface area contributed by atoms with Crippen LogP contribution >= 0.6 is 0 Å². The molecule has 2 aromatic rings. The first kappa shape index (κ1) is 41.1. The molecular weight excluding hydrogens is 650 g/mol. The van der Waals surface area contributed by atoms with Crippen molar-refractivity contribution in [3.63, 3.8) is 0 Å². The van der Waals surface area contributed by atoms with E-state index in [0.29, 0.717) is 18.4 Å². The largest absolute Gasteiger partial charge is 0.493 e. The SMILES string of the molecule is CCCCC(CC)Cn1c(O)c(N=Nc2ccc(S(=O)(=O)NCC(C)OC(=O)CCCCC(=O)OC(C)CC)c(C)c2)c(C)c(C#N)c1=O. The molecule has 3 atom stereocenters. The first-order chi connectivity index (χ1) is 23.2. The van der Waals surface area contributed by atoms with Gasteiger partial charge in [-0.2, -0.15) is 10.4 Å². The minimum absolute atomic E-state index is 0.00807. The number of benzene rings is 1. The maximum absolute atomic E-state index is 13.1. The van der Waals surface area contributed by atoms with Crippen molar-refractivity contribution >= 4 is 33.3 Å². The molecule has 0 aliphatic carbocycles. The quantitative estimate of drug-likeness (QED) is 0.0851. The topological polar surface area (TPSA) is 190 Å². The third kappa shape index (κ3) is 12.4. The summed E-state index contributed by atoms with van der Waals surface area (Å²) in [6.45, 7) is 12.6. The van der Waals surface area contributed by atoms with E-state index in [-0.39, 0.29) is 77.2 Å². The second-order valence-electron chi connectivity index (χ2n) is 12.3. The fraction of sp³-hybridized carbons (Fsp3) is 0.600. The number of azo groups is 1. The number of esters is 2. The van der Waals surface area contributed by atoms with Gasteiger partial charge in [0.25, 0.3) is 5.56 Å². The molecule has 49 heavy (non-hydrogen) atoms. The van der Waals surface area contributed by atoms with Crippen LogP contribution in [0.1, 0.15) is 109 Å². The van der Waals surface area contributed by atoms with Crippen LogP contribution in [-0.2, 0) is 35.6 Å². The monoisotopic (exact) mass is 701 g/mol. The highest BCUT2D eigenvalue weighted by Gasteiger charge is 2.22. The van der Waals surface area contributed by atoms with E-state index >= 15 is 0 Å². The summed E-state index contributed by atoms with van der Waals surface area (Å²) in [4.78, 5) is 37.0. The van der Waals surface area contributed by atoms with E-state index in [2.05, 4.69) is 21.9 Å². The van der Waals surface area contributed by atoms with Crippen LogP contribution < -0.4 is 10.3 Å². The lowest BCUT2D eigenvalue weighted by Crippen LogP contribution is -2.33. The molecule has 0 aliphatic heterocycles. The molecule has 0 saturated carbocycles. The van der Waals surface area contributed by atoms with E-state index in [1.165, 1.54) is 29.7 Å². The summed E-state index contributed by atoms with van der Waals surface area (Å²) in [6.07, 6.45) is 4.73. The van der Waals surface area contributed by atoms with Crippen molar-refractivity contribution < 1.29 is 32.6 Å². The van der Waals surface area contributed by atoms with E-state index in [0.717, 1.165) is 32.1 Å². The van der Waals surface area contributed by atoms with Crippen molar-refractivity contribution in [2.75, 3.05) is 6.54 Å². The number of sulfonamides is 1. The van der Waals surface area contributed by atoms with E-state index < -0.39 is 27.7 Å². The number of aromatic nitrogens is 1. The molecular formula is C35H51N5O8S. The molecule has 0 amide bonds. The minimum Gasteiger partial charge on any atom is -0.493 e. The summed E-state index contributed by atoms with van der Waals surface area (Å²) in [5.74, 6) is -1.04. The average Bonchev–Trinajstić information content (AvgIpc) is 3.05. The lowest BCUT2D eigenvalue weighted by atomic mass is 9.99. The van der Waals surface area contributed by atoms with Gasteiger partial charge in [0, 0.05) is 31.5 Å². The summed E-state index contributed by atoms with van der Waals surface area (Å²) in [5, 5.41) is 29.1. The number of hydrogen-bond acceptors (Lipinski definition) is 11. The minimum atomic E-state index is -3.98. The predicted octanol–water partition coefficient (Wildman–Crippen LogP) is 6.79. The molecule has 1 aromatic heterocycles. The Bertz CT molecular complexity index is 1680. The highest BCUT2D eigenvalue weighted by atomic mass is 32.2. The number of rotatable bonds is 20. The Morgan fingerprint density at radius 1 is 1.00 bits per heavy atom. The first-order valence-corrected chi connectivity index (χ1v) is 18.4. The molecule has 0 radical (unpaired) electrons. The molecule has 14 heteroatoms. The number of unbranched alkanes of at least 4 members (excludes halogenated alkanes) is 2. The van der Waals surface area contributed by atoms with Gasteiger partial charge in [-0.25, -0.2) is 13.1 Å². The molecule has 2 N–H and O–H groups in total. The number of aryl methyl sites for hydroxylation is 1. The third-order valence-corrected chi connectivity index (χ3v) is 9.86. The number of carbonyl (C=O) groups is 2. The fourth-order valence-corrected chi connectivity index (χ4v) is 6.38. The number of pyridine rings is 1. The van der Waals surface area contributed by atoms with E-state index in [4.69, 9.17) is 9.47 Å². The molecule has 0 bridgehead atoms. The van der Waals surface area contributed by atoms with Crippen molar-refractivity contribution in [1.29, 1.82) is 5.26 Å². The summed E-state index contributed by atoms with van der Waals surface area (Å²) in [6, 6.07) is 6.24. The zero-order chi connectivity index (χ0) is 36.7. The number of nitriles is 1. The van der Waals surface area contributed by atoms with Crippen molar-refractivity contribution in [2.24, 2.45) is 16.1 Å². The van der Waals surface area contributed by atoms with Gasteiger partial charge in [-0.05, 0) is 83.1 Å². The summed E-state index contributed by atoms with van der Waals surface area (Å²) in [5.41, 5.74) is 0.139. The zero-order valence-electron chi connectivity index (χ0n) is 29.7. The van der Waals surface area contributed by atoms with Crippen molar-refractivity contribution in [3.8, 4) is 11.9 Å². The van der Waals surface area contributed by atoms with Crippen LogP contribution in [0.15, 0.2) is 38.1 Å². The summed E-state index contributed by atoms with van der Waals surface area (Å²) < 4.78 is 40.3. The van der Waals surface area contributed by atoms with Crippen molar-refractivity contribution in [2.45, 2.75) is 130 Å². The Hall–Kier alpha value is -4.09. The Labute approximate surface area is 289 Å². The molecule has 0 aliphatic rings. The highest BCUT2D eigenvalue weighted by molar-refractivity contribution is 7.89. The van der Waals surface area contributed by atoms with Crippen LogP contribution in [0, 0.1) is 31.1 Å². The van der Waals surface area contributed by atoms with Gasteiger partial charge in [0.1, 0.15) is 17.7 Å². The van der Waals surface area contributed by atoms with Crippen LogP contribution in [-0.4, -0.2) is 48.8 Å². The number of hydrogen-bond donors (Lipinski definition) is 2. The Kier molecular flexibility index (Phi) is 16.6. The average molecular weight is 702 g/mol. The number of nitrogens with zero attached hydrogens (tertiary/aromatic N) is 4. The Morgan fingerprint density at radius 3 is 2.18 bits per heavy atom. The maximum atomic E-state index is 13.1. The van der Waals surface area contributed by atoms with E-state index in [9.17, 15) is 33.2 Å². The van der Waals surface area contributed by atoms with E-state index in [1.807, 2.05) is 26.8 Å². The highest BCUT2D eigenvalue weighted by Crippen LogP contribution is 2.33. The van der Waals surface area contributed by atoms with Crippen molar-refractivity contribution in [1.82, 2.24) is 9.29 Å². The standard InChI is InChI=1S/C35H51N5O8S/c1-8-11-14-27(10-3)22-40-34(43)29(20-36)26(7)33(35(40)44)39-38-28-17-18-30(23(4)19-28)49(45,46)37-21-25(6)48-32(42)16-13-12-15-31(41)47-24(5)9-2/h17-19,24-25,27,37,44H,8-16,21-22H2,1-7H3. The first-order valence-electron chi connectivity index (χ1n) is 17.0. The van der Waals surface area contributed by atoms with Gasteiger partial charge in [0.05, 0.1) is 16.7 Å². The fourth-order valence-electron chi connectivity index (χ4n) is 5.04. The molecule has 1 heterocycles. The molecule has 0 spiro atoms. The molecule has 2 rings (SSSR count). The van der Waals surface area contributed by atoms with Gasteiger partial charge in [-0.3, -0.25) is 19.0 Å². The van der Waals surface area contributed by atoms with E-state index in [1.54, 1.807) is 13.8 Å². The molecule has 13 nitrogen and oxygen atoms in total. The lowest BCUT2D eigenvalue weighted by Gasteiger charge is -2.19. The summed E-state index contributed by atoms with van der Waals surface area (Å²) >= 11 is 0. The normalized spacial score (nSPS) is 13.5. The predicted molar refractivity (Wildman–Crippen MR) is 186 cm³/mol. The molecule has 0 saturated heterocycles. The maximum Gasteiger partial charge on any atom is 0.306 e. The Morgan fingerprint density at radius 2 is 1.63 bits per heavy atom. The van der Waals surface area contributed by atoms with Crippen LogP contribution in [0.5, 0.6) is 5.88 Å². The summed E-state index contributed by atoms with van der Waals surface area (Å²) in [7, 11) is -3.98.